The van der Waals surface area contributed by atoms with Crippen LogP contribution in [0.3, 0.4) is 0 Å². The summed E-state index contributed by atoms with van der Waals surface area (Å²) in [5.41, 5.74) is 2.39. The number of nitrogens with one attached hydrogen (secondary N) is 3. The summed E-state index contributed by atoms with van der Waals surface area (Å²) in [5, 5.41) is 14.7. The van der Waals surface area contributed by atoms with Crippen molar-refractivity contribution in [2.45, 2.75) is 18.9 Å². The third kappa shape index (κ3) is 3.67. The van der Waals surface area contributed by atoms with E-state index in [-0.39, 0.29) is 6.04 Å². The zero-order valence-electron chi connectivity index (χ0n) is 16.1. The number of fused-ring (bicyclic) bond motifs is 2. The first-order chi connectivity index (χ1) is 14.7. The third-order valence-electron chi connectivity index (χ3n) is 5.26. The summed E-state index contributed by atoms with van der Waals surface area (Å²) in [5.74, 6) is -1.30. The second kappa shape index (κ2) is 7.89. The van der Waals surface area contributed by atoms with Crippen molar-refractivity contribution in [3.8, 4) is 10.4 Å². The molecule has 0 spiro atoms. The van der Waals surface area contributed by atoms with Crippen molar-refractivity contribution in [2.24, 2.45) is 0 Å². The Balaban J connectivity index is 1.42. The molecule has 2 amide bonds. The molecule has 3 heterocycles. The van der Waals surface area contributed by atoms with Crippen molar-refractivity contribution in [1.82, 2.24) is 15.5 Å². The van der Waals surface area contributed by atoms with Gasteiger partial charge in [-0.2, -0.15) is 5.10 Å². The number of benzene rings is 2. The Morgan fingerprint density at radius 2 is 1.90 bits per heavy atom. The van der Waals surface area contributed by atoms with Gasteiger partial charge in [-0.3, -0.25) is 14.7 Å². The lowest BCUT2D eigenvalue weighted by molar-refractivity contribution is -0.137. The molecular weight excluding hydrogens is 400 g/mol. The Labute approximate surface area is 176 Å². The number of carbonyl (C=O) groups excluding carboxylic acids is 2. The molecule has 3 N–H and O–H groups in total. The van der Waals surface area contributed by atoms with Gasteiger partial charge in [-0.25, -0.2) is 0 Å². The van der Waals surface area contributed by atoms with Gasteiger partial charge in [-0.05, 0) is 42.5 Å². The molecule has 30 heavy (non-hydrogen) atoms. The quantitative estimate of drug-likeness (QED) is 0.441. The van der Waals surface area contributed by atoms with Crippen molar-refractivity contribution in [3.63, 3.8) is 0 Å². The molecule has 1 aliphatic rings. The minimum absolute atomic E-state index is 0.0255. The van der Waals surface area contributed by atoms with E-state index in [1.807, 2.05) is 24.3 Å². The third-order valence-corrected chi connectivity index (χ3v) is 6.41. The monoisotopic (exact) mass is 420 g/mol. The number of aromatic nitrogens is 2. The number of nitrogens with zero attached hydrogens (tertiary/aromatic N) is 1. The Morgan fingerprint density at radius 3 is 2.73 bits per heavy atom. The topological polar surface area (TPSA) is 96.1 Å². The number of rotatable bonds is 3. The highest BCUT2D eigenvalue weighted by Crippen LogP contribution is 2.38. The second-order valence-electron chi connectivity index (χ2n) is 7.32. The maximum Gasteiger partial charge on any atom is 0.313 e. The average molecular weight is 420 g/mol. The van der Waals surface area contributed by atoms with Crippen LogP contribution in [0.15, 0.2) is 48.7 Å². The fraction of sp³-hybridized carbons (Fsp3) is 0.227. The molecule has 2 aromatic carbocycles. The molecule has 0 aliphatic carbocycles. The summed E-state index contributed by atoms with van der Waals surface area (Å²) < 4.78 is 6.47. The standard InChI is InChI=1S/C22H20N4O3S/c27-21(24-15-5-7-29-8-6-15)22(28)25-16-9-14-12-23-26-20(14)17(11-16)19-10-13-3-1-2-4-18(13)30-19/h1-4,9-12,15H,5-8H2,(H,23,26)(H,24,27)(H,25,28). The molecule has 4 aromatic rings. The SMILES string of the molecule is O=C(Nc1cc(-c2cc3ccccc3s2)c2[nH]ncc2c1)C(=O)NC1CCOCC1. The molecule has 1 fully saturated rings. The maximum atomic E-state index is 12.5. The summed E-state index contributed by atoms with van der Waals surface area (Å²) in [7, 11) is 0. The lowest BCUT2D eigenvalue weighted by Crippen LogP contribution is -2.44. The van der Waals surface area contributed by atoms with E-state index in [9.17, 15) is 9.59 Å². The van der Waals surface area contributed by atoms with Gasteiger partial charge in [0, 0.05) is 45.5 Å². The Morgan fingerprint density at radius 1 is 1.07 bits per heavy atom. The largest absolute Gasteiger partial charge is 0.381 e. The molecule has 0 radical (unpaired) electrons. The van der Waals surface area contributed by atoms with Crippen LogP contribution in [0.4, 0.5) is 5.69 Å². The number of anilines is 1. The van der Waals surface area contributed by atoms with Crippen LogP contribution in [0.2, 0.25) is 0 Å². The molecule has 0 bridgehead atoms. The van der Waals surface area contributed by atoms with Gasteiger partial charge in [0.1, 0.15) is 0 Å². The molecule has 1 saturated heterocycles. The van der Waals surface area contributed by atoms with Crippen LogP contribution in [0.5, 0.6) is 0 Å². The first-order valence-electron chi connectivity index (χ1n) is 9.83. The summed E-state index contributed by atoms with van der Waals surface area (Å²) in [6, 6.07) is 14.0. The minimum Gasteiger partial charge on any atom is -0.381 e. The number of ether oxygens (including phenoxy) is 1. The predicted molar refractivity (Wildman–Crippen MR) is 118 cm³/mol. The number of carbonyl (C=O) groups is 2. The summed E-state index contributed by atoms with van der Waals surface area (Å²) >= 11 is 1.67. The van der Waals surface area contributed by atoms with Crippen molar-refractivity contribution in [3.05, 3.63) is 48.7 Å². The van der Waals surface area contributed by atoms with Gasteiger partial charge in [0.2, 0.25) is 0 Å². The number of amides is 2. The van der Waals surface area contributed by atoms with E-state index in [0.29, 0.717) is 18.9 Å². The van der Waals surface area contributed by atoms with Gasteiger partial charge in [0.05, 0.1) is 11.7 Å². The predicted octanol–water partition coefficient (Wildman–Crippen LogP) is 3.68. The lowest BCUT2D eigenvalue weighted by atomic mass is 10.1. The van der Waals surface area contributed by atoms with Crippen molar-refractivity contribution < 1.29 is 14.3 Å². The Kier molecular flexibility index (Phi) is 4.94. The molecule has 8 heteroatoms. The lowest BCUT2D eigenvalue weighted by Gasteiger charge is -2.22. The summed E-state index contributed by atoms with van der Waals surface area (Å²) in [6.45, 7) is 1.20. The van der Waals surface area contributed by atoms with Crippen molar-refractivity contribution >= 4 is 49.8 Å². The summed E-state index contributed by atoms with van der Waals surface area (Å²) in [6.07, 6.45) is 3.15. The molecule has 0 atom stereocenters. The summed E-state index contributed by atoms with van der Waals surface area (Å²) in [4.78, 5) is 25.9. The van der Waals surface area contributed by atoms with Crippen molar-refractivity contribution in [2.75, 3.05) is 18.5 Å². The van der Waals surface area contributed by atoms with Gasteiger partial charge in [0.25, 0.3) is 0 Å². The number of hydrogen-bond acceptors (Lipinski definition) is 5. The highest BCUT2D eigenvalue weighted by molar-refractivity contribution is 7.22. The zero-order chi connectivity index (χ0) is 20.5. The molecule has 2 aromatic heterocycles. The molecule has 5 rings (SSSR count). The van der Waals surface area contributed by atoms with Gasteiger partial charge in [-0.15, -0.1) is 11.3 Å². The van der Waals surface area contributed by atoms with E-state index in [0.717, 1.165) is 39.6 Å². The fourth-order valence-electron chi connectivity index (χ4n) is 3.72. The van der Waals surface area contributed by atoms with E-state index in [1.165, 1.54) is 4.70 Å². The molecule has 7 nitrogen and oxygen atoms in total. The Hall–Kier alpha value is -3.23. The van der Waals surface area contributed by atoms with Crippen LogP contribution < -0.4 is 10.6 Å². The molecule has 0 saturated carbocycles. The maximum absolute atomic E-state index is 12.5. The fourth-order valence-corrected chi connectivity index (χ4v) is 4.80. The Bertz CT molecular complexity index is 1210. The molecular formula is C22H20N4O3S. The first-order valence-corrected chi connectivity index (χ1v) is 10.6. The van der Waals surface area contributed by atoms with Gasteiger partial charge in [0.15, 0.2) is 0 Å². The molecule has 0 unspecified atom stereocenters. The van der Waals surface area contributed by atoms with E-state index in [2.05, 4.69) is 39.0 Å². The van der Waals surface area contributed by atoms with Gasteiger partial charge >= 0.3 is 11.8 Å². The number of aromatic amines is 1. The smallest absolute Gasteiger partial charge is 0.313 e. The van der Waals surface area contributed by atoms with Crippen LogP contribution in [-0.2, 0) is 14.3 Å². The number of thiophene rings is 1. The normalized spacial score (nSPS) is 14.8. The number of H-pyrrole nitrogens is 1. The second-order valence-corrected chi connectivity index (χ2v) is 8.40. The highest BCUT2D eigenvalue weighted by Gasteiger charge is 2.21. The number of hydrogen-bond donors (Lipinski definition) is 3. The first kappa shape index (κ1) is 18.8. The van der Waals surface area contributed by atoms with Crippen LogP contribution in [-0.4, -0.2) is 41.3 Å². The van der Waals surface area contributed by atoms with Gasteiger partial charge < -0.3 is 15.4 Å². The van der Waals surface area contributed by atoms with E-state index in [1.54, 1.807) is 17.5 Å². The average Bonchev–Trinajstić information content (AvgIpc) is 3.40. The highest BCUT2D eigenvalue weighted by atomic mass is 32.1. The van der Waals surface area contributed by atoms with Crippen LogP contribution in [0.25, 0.3) is 31.4 Å². The van der Waals surface area contributed by atoms with Crippen LogP contribution in [0.1, 0.15) is 12.8 Å². The van der Waals surface area contributed by atoms with E-state index >= 15 is 0 Å². The van der Waals surface area contributed by atoms with Crippen LogP contribution >= 0.6 is 11.3 Å². The zero-order valence-corrected chi connectivity index (χ0v) is 16.9. The molecule has 152 valence electrons. The van der Waals surface area contributed by atoms with Gasteiger partial charge in [-0.1, -0.05) is 18.2 Å². The van der Waals surface area contributed by atoms with Crippen LogP contribution in [0, 0.1) is 0 Å². The minimum atomic E-state index is -0.674. The van der Waals surface area contributed by atoms with Crippen molar-refractivity contribution in [1.29, 1.82) is 0 Å². The van der Waals surface area contributed by atoms with E-state index in [4.69, 9.17) is 4.74 Å². The van der Waals surface area contributed by atoms with E-state index < -0.39 is 11.8 Å². The molecule has 1 aliphatic heterocycles.